The lowest BCUT2D eigenvalue weighted by Gasteiger charge is -2.00. The molecule has 0 atom stereocenters. The number of amides is 1. The quantitative estimate of drug-likeness (QED) is 0.836. The van der Waals surface area contributed by atoms with E-state index in [1.54, 1.807) is 0 Å². The molecule has 0 aliphatic heterocycles. The number of pyridine rings is 1. The second kappa shape index (κ2) is 4.39. The molecular weight excluding hydrogens is 260 g/mol. The second-order valence-electron chi connectivity index (χ2n) is 2.96. The first-order valence-corrected chi connectivity index (χ1v) is 5.54. The zero-order valence-electron chi connectivity index (χ0n) is 7.85. The van der Waals surface area contributed by atoms with Crippen molar-refractivity contribution in [2.45, 2.75) is 6.54 Å². The van der Waals surface area contributed by atoms with E-state index in [4.69, 9.17) is 0 Å². The molecule has 0 aromatic carbocycles. The van der Waals surface area contributed by atoms with E-state index >= 15 is 0 Å². The van der Waals surface area contributed by atoms with Crippen molar-refractivity contribution in [1.29, 1.82) is 0 Å². The Hall–Kier alpha value is -1.43. The molecule has 1 N–H and O–H groups in total. The van der Waals surface area contributed by atoms with Gasteiger partial charge < -0.3 is 5.32 Å². The van der Waals surface area contributed by atoms with Crippen molar-refractivity contribution in [3.05, 3.63) is 30.2 Å². The van der Waals surface area contributed by atoms with Crippen LogP contribution >= 0.6 is 15.9 Å². The van der Waals surface area contributed by atoms with Gasteiger partial charge in [-0.05, 0) is 12.1 Å². The number of aromatic nitrogens is 3. The van der Waals surface area contributed by atoms with Crippen LogP contribution in [-0.4, -0.2) is 25.8 Å². The maximum atomic E-state index is 11.0. The molecule has 15 heavy (non-hydrogen) atoms. The second-order valence-corrected chi connectivity index (χ2v) is 3.52. The molecule has 0 aliphatic carbocycles. The summed E-state index contributed by atoms with van der Waals surface area (Å²) in [6.07, 6.45) is 1.87. The summed E-state index contributed by atoms with van der Waals surface area (Å²) in [6.45, 7) is 0.385. The van der Waals surface area contributed by atoms with Crippen molar-refractivity contribution >= 4 is 27.5 Å². The maximum absolute atomic E-state index is 11.0. The number of halogens is 1. The molecule has 0 saturated carbocycles. The Morgan fingerprint density at radius 1 is 1.47 bits per heavy atom. The van der Waals surface area contributed by atoms with Crippen LogP contribution in [0.5, 0.6) is 0 Å². The van der Waals surface area contributed by atoms with Crippen LogP contribution in [0.4, 0.5) is 0 Å². The van der Waals surface area contributed by atoms with E-state index < -0.39 is 0 Å². The van der Waals surface area contributed by atoms with Crippen molar-refractivity contribution in [3.63, 3.8) is 0 Å². The monoisotopic (exact) mass is 268 g/mol. The topological polar surface area (TPSA) is 59.3 Å². The van der Waals surface area contributed by atoms with Crippen LogP contribution in [0.1, 0.15) is 5.82 Å². The molecule has 2 aromatic heterocycles. The van der Waals surface area contributed by atoms with Gasteiger partial charge in [0.25, 0.3) is 0 Å². The number of rotatable bonds is 3. The smallest absolute Gasteiger partial charge is 0.231 e. The molecule has 78 valence electrons. The number of carbonyl (C=O) groups excluding carboxylic acids is 1. The van der Waals surface area contributed by atoms with Crippen LogP contribution in [0.3, 0.4) is 0 Å². The normalized spacial score (nSPS) is 10.5. The third-order valence-electron chi connectivity index (χ3n) is 1.95. The van der Waals surface area contributed by atoms with Gasteiger partial charge in [0.2, 0.25) is 5.91 Å². The number of fused-ring (bicyclic) bond motifs is 1. The molecule has 0 radical (unpaired) electrons. The number of alkyl halides is 1. The van der Waals surface area contributed by atoms with E-state index in [9.17, 15) is 4.79 Å². The van der Waals surface area contributed by atoms with E-state index in [-0.39, 0.29) is 5.91 Å². The van der Waals surface area contributed by atoms with Gasteiger partial charge >= 0.3 is 0 Å². The SMILES string of the molecule is O=C(CBr)NCc1nnc2ccccn12. The van der Waals surface area contributed by atoms with Crippen LogP contribution in [0.25, 0.3) is 5.65 Å². The first-order valence-electron chi connectivity index (χ1n) is 4.42. The first-order chi connectivity index (χ1) is 7.31. The average Bonchev–Trinajstić information content (AvgIpc) is 2.69. The first kappa shape index (κ1) is 10.1. The predicted molar refractivity (Wildman–Crippen MR) is 58.6 cm³/mol. The van der Waals surface area contributed by atoms with Gasteiger partial charge in [-0.1, -0.05) is 22.0 Å². The molecule has 2 aromatic rings. The molecule has 1 amide bonds. The summed E-state index contributed by atoms with van der Waals surface area (Å²) in [5.74, 6) is 0.655. The molecule has 5 nitrogen and oxygen atoms in total. The summed E-state index contributed by atoms with van der Waals surface area (Å²) in [5.41, 5.74) is 0.778. The van der Waals surface area contributed by atoms with E-state index in [1.807, 2.05) is 28.8 Å². The van der Waals surface area contributed by atoms with Crippen LogP contribution in [0.2, 0.25) is 0 Å². The number of carbonyl (C=O) groups is 1. The minimum atomic E-state index is -0.0670. The number of nitrogens with zero attached hydrogens (tertiary/aromatic N) is 3. The highest BCUT2D eigenvalue weighted by Crippen LogP contribution is 2.02. The molecule has 0 fully saturated rings. The van der Waals surface area contributed by atoms with Gasteiger partial charge in [0.1, 0.15) is 0 Å². The Morgan fingerprint density at radius 2 is 2.33 bits per heavy atom. The summed E-state index contributed by atoms with van der Waals surface area (Å²) in [7, 11) is 0. The summed E-state index contributed by atoms with van der Waals surface area (Å²) >= 11 is 3.07. The standard InChI is InChI=1S/C9H9BrN4O/c10-5-9(15)11-6-8-13-12-7-3-1-2-4-14(7)8/h1-4H,5-6H2,(H,11,15). The average molecular weight is 269 g/mol. The molecule has 2 heterocycles. The molecule has 0 aliphatic rings. The minimum Gasteiger partial charge on any atom is -0.348 e. The summed E-state index contributed by atoms with van der Waals surface area (Å²) in [4.78, 5) is 11.0. The summed E-state index contributed by atoms with van der Waals surface area (Å²) in [5, 5.41) is 11.0. The third-order valence-corrected chi connectivity index (χ3v) is 2.46. The fraction of sp³-hybridized carbons (Fsp3) is 0.222. The molecule has 6 heteroatoms. The zero-order chi connectivity index (χ0) is 10.7. The van der Waals surface area contributed by atoms with Gasteiger partial charge in [0.15, 0.2) is 11.5 Å². The lowest BCUT2D eigenvalue weighted by molar-refractivity contribution is -0.118. The highest BCUT2D eigenvalue weighted by molar-refractivity contribution is 9.09. The number of nitrogens with one attached hydrogen (secondary N) is 1. The van der Waals surface area contributed by atoms with Gasteiger partial charge in [0, 0.05) is 6.20 Å². The molecule has 0 unspecified atom stereocenters. The molecular formula is C9H9BrN4O. The van der Waals surface area contributed by atoms with E-state index in [1.165, 1.54) is 0 Å². The molecule has 0 bridgehead atoms. The van der Waals surface area contributed by atoms with Crippen LogP contribution in [0.15, 0.2) is 24.4 Å². The van der Waals surface area contributed by atoms with Gasteiger partial charge in [-0.15, -0.1) is 10.2 Å². The Bertz CT molecular complexity index is 482. The minimum absolute atomic E-state index is 0.0670. The highest BCUT2D eigenvalue weighted by atomic mass is 79.9. The van der Waals surface area contributed by atoms with E-state index in [2.05, 4.69) is 31.4 Å². The Balaban J connectivity index is 2.18. The highest BCUT2D eigenvalue weighted by Gasteiger charge is 2.05. The fourth-order valence-corrected chi connectivity index (χ4v) is 1.43. The van der Waals surface area contributed by atoms with Crippen molar-refractivity contribution in [3.8, 4) is 0 Å². The van der Waals surface area contributed by atoms with Crippen LogP contribution < -0.4 is 5.32 Å². The maximum Gasteiger partial charge on any atom is 0.231 e. The number of hydrogen-bond donors (Lipinski definition) is 1. The van der Waals surface area contributed by atoms with Gasteiger partial charge in [-0.2, -0.15) is 0 Å². The van der Waals surface area contributed by atoms with Crippen molar-refractivity contribution in [2.24, 2.45) is 0 Å². The number of hydrogen-bond acceptors (Lipinski definition) is 3. The molecule has 2 rings (SSSR count). The fourth-order valence-electron chi connectivity index (χ4n) is 1.24. The van der Waals surface area contributed by atoms with Crippen LogP contribution in [-0.2, 0) is 11.3 Å². The predicted octanol–water partition coefficient (Wildman–Crippen LogP) is 0.740. The van der Waals surface area contributed by atoms with Crippen molar-refractivity contribution in [1.82, 2.24) is 19.9 Å². The lowest BCUT2D eigenvalue weighted by Crippen LogP contribution is -2.24. The van der Waals surface area contributed by atoms with Gasteiger partial charge in [0.05, 0.1) is 11.9 Å². The van der Waals surface area contributed by atoms with E-state index in [0.29, 0.717) is 11.9 Å². The Labute approximate surface area is 94.6 Å². The van der Waals surface area contributed by atoms with Crippen molar-refractivity contribution < 1.29 is 4.79 Å². The van der Waals surface area contributed by atoms with Gasteiger partial charge in [-0.25, -0.2) is 0 Å². The lowest BCUT2D eigenvalue weighted by atomic mass is 10.4. The Morgan fingerprint density at radius 3 is 3.13 bits per heavy atom. The largest absolute Gasteiger partial charge is 0.348 e. The Kier molecular flexibility index (Phi) is 2.96. The summed E-state index contributed by atoms with van der Waals surface area (Å²) in [6, 6.07) is 5.65. The zero-order valence-corrected chi connectivity index (χ0v) is 9.44. The van der Waals surface area contributed by atoms with Crippen molar-refractivity contribution in [2.75, 3.05) is 5.33 Å². The molecule has 0 spiro atoms. The third kappa shape index (κ3) is 2.15. The summed E-state index contributed by atoms with van der Waals surface area (Å²) < 4.78 is 1.84. The van der Waals surface area contributed by atoms with E-state index in [0.717, 1.165) is 11.5 Å². The van der Waals surface area contributed by atoms with Crippen LogP contribution in [0, 0.1) is 0 Å². The molecule has 0 saturated heterocycles. The van der Waals surface area contributed by atoms with Gasteiger partial charge in [-0.3, -0.25) is 9.20 Å².